The van der Waals surface area contributed by atoms with Crippen molar-refractivity contribution in [2.24, 2.45) is 7.05 Å². The van der Waals surface area contributed by atoms with E-state index in [-0.39, 0.29) is 6.54 Å². The van der Waals surface area contributed by atoms with Crippen molar-refractivity contribution in [3.8, 4) is 0 Å². The highest BCUT2D eigenvalue weighted by molar-refractivity contribution is 5.95. The summed E-state index contributed by atoms with van der Waals surface area (Å²) in [4.78, 5) is 25.0. The van der Waals surface area contributed by atoms with Gasteiger partial charge in [-0.25, -0.2) is 18.7 Å². The van der Waals surface area contributed by atoms with Crippen LogP contribution in [0, 0.1) is 5.82 Å². The molecule has 1 aromatic carbocycles. The fourth-order valence-corrected chi connectivity index (χ4v) is 1.99. The second kappa shape index (κ2) is 3.52. The number of amides is 1. The number of benzene rings is 1. The molecule has 1 aliphatic rings. The molecule has 0 saturated carbocycles. The number of aromatic nitrogens is 3. The van der Waals surface area contributed by atoms with Crippen LogP contribution >= 0.6 is 0 Å². The van der Waals surface area contributed by atoms with Gasteiger partial charge in [0.1, 0.15) is 5.82 Å². The van der Waals surface area contributed by atoms with Gasteiger partial charge in [0.05, 0.1) is 6.54 Å². The van der Waals surface area contributed by atoms with E-state index in [1.54, 1.807) is 6.07 Å². The van der Waals surface area contributed by atoms with E-state index in [0.29, 0.717) is 11.5 Å². The number of hydrogen-bond donors (Lipinski definition) is 0. The van der Waals surface area contributed by atoms with Gasteiger partial charge in [-0.05, 0) is 18.2 Å². The molecule has 6 nitrogen and oxygen atoms in total. The van der Waals surface area contributed by atoms with Gasteiger partial charge in [-0.3, -0.25) is 4.90 Å². The number of carbonyl (C=O) groups is 1. The maximum Gasteiger partial charge on any atom is 0.354 e. The highest BCUT2D eigenvalue weighted by Gasteiger charge is 2.32. The first-order chi connectivity index (χ1) is 8.58. The fourth-order valence-electron chi connectivity index (χ4n) is 1.99. The second-order valence-electron chi connectivity index (χ2n) is 4.01. The van der Waals surface area contributed by atoms with E-state index in [0.717, 1.165) is 9.25 Å². The van der Waals surface area contributed by atoms with Crippen molar-refractivity contribution in [3.05, 3.63) is 46.4 Å². The summed E-state index contributed by atoms with van der Waals surface area (Å²) in [5, 5.41) is 3.95. The zero-order chi connectivity index (χ0) is 12.9. The maximum absolute atomic E-state index is 13.1. The van der Waals surface area contributed by atoms with Gasteiger partial charge in [-0.2, -0.15) is 9.67 Å². The van der Waals surface area contributed by atoms with Crippen LogP contribution in [-0.2, 0) is 13.6 Å². The average molecular weight is 248 g/mol. The van der Waals surface area contributed by atoms with Crippen LogP contribution in [0.1, 0.15) is 5.82 Å². The Labute approximate surface area is 101 Å². The lowest BCUT2D eigenvalue weighted by Gasteiger charge is -2.14. The smallest absolute Gasteiger partial charge is 0.286 e. The molecule has 92 valence electrons. The number of aryl methyl sites for hydroxylation is 1. The largest absolute Gasteiger partial charge is 0.354 e. The van der Waals surface area contributed by atoms with Gasteiger partial charge in [-0.1, -0.05) is 6.07 Å². The zero-order valence-electron chi connectivity index (χ0n) is 9.50. The first-order valence-corrected chi connectivity index (χ1v) is 5.30. The molecule has 3 rings (SSSR count). The van der Waals surface area contributed by atoms with Crippen molar-refractivity contribution < 1.29 is 9.18 Å². The fraction of sp³-hybridized carbons (Fsp3) is 0.182. The number of fused-ring (bicyclic) bond motifs is 1. The van der Waals surface area contributed by atoms with Crippen LogP contribution in [0.3, 0.4) is 0 Å². The quantitative estimate of drug-likeness (QED) is 0.746. The molecule has 2 aromatic rings. The van der Waals surface area contributed by atoms with Crippen LogP contribution in [0.25, 0.3) is 0 Å². The summed E-state index contributed by atoms with van der Waals surface area (Å²) in [6.07, 6.45) is 0. The Morgan fingerprint density at radius 1 is 1.33 bits per heavy atom. The SMILES string of the molecule is Cn1nc2n(c1=O)C(=O)N(c1cccc(F)c1)C2. The van der Waals surface area contributed by atoms with Gasteiger partial charge in [0.2, 0.25) is 0 Å². The Kier molecular flexibility index (Phi) is 2.09. The van der Waals surface area contributed by atoms with Gasteiger partial charge in [0.15, 0.2) is 5.82 Å². The van der Waals surface area contributed by atoms with E-state index < -0.39 is 17.5 Å². The average Bonchev–Trinajstić information content (AvgIpc) is 2.79. The number of rotatable bonds is 1. The first kappa shape index (κ1) is 10.7. The van der Waals surface area contributed by atoms with E-state index in [2.05, 4.69) is 5.10 Å². The molecule has 7 heteroatoms. The van der Waals surface area contributed by atoms with Crippen molar-refractivity contribution in [2.45, 2.75) is 6.54 Å². The summed E-state index contributed by atoms with van der Waals surface area (Å²) in [6.45, 7) is 0.165. The Balaban J connectivity index is 2.06. The number of nitrogens with zero attached hydrogens (tertiary/aromatic N) is 4. The minimum atomic E-state index is -0.506. The van der Waals surface area contributed by atoms with Gasteiger partial charge in [0, 0.05) is 12.7 Å². The van der Waals surface area contributed by atoms with Gasteiger partial charge >= 0.3 is 11.7 Å². The third-order valence-corrected chi connectivity index (χ3v) is 2.83. The summed E-state index contributed by atoms with van der Waals surface area (Å²) in [6, 6.07) is 5.15. The van der Waals surface area contributed by atoms with Gasteiger partial charge in [0.25, 0.3) is 0 Å². The number of carbonyl (C=O) groups excluding carboxylic acids is 1. The topological polar surface area (TPSA) is 60.1 Å². The molecule has 1 aromatic heterocycles. The molecule has 0 atom stereocenters. The molecular weight excluding hydrogens is 239 g/mol. The lowest BCUT2D eigenvalue weighted by atomic mass is 10.3. The van der Waals surface area contributed by atoms with Crippen LogP contribution in [-0.4, -0.2) is 20.4 Å². The molecule has 0 N–H and O–H groups in total. The third-order valence-electron chi connectivity index (χ3n) is 2.83. The third kappa shape index (κ3) is 1.37. The van der Waals surface area contributed by atoms with Crippen LogP contribution in [0.2, 0.25) is 0 Å². The predicted molar refractivity (Wildman–Crippen MR) is 60.8 cm³/mol. The molecule has 1 aliphatic heterocycles. The van der Waals surface area contributed by atoms with Crippen LogP contribution < -0.4 is 10.6 Å². The summed E-state index contributed by atoms with van der Waals surface area (Å²) in [5.74, 6) is -0.0745. The molecule has 1 amide bonds. The predicted octanol–water partition coefficient (Wildman–Crippen LogP) is 0.709. The molecule has 0 unspecified atom stereocenters. The molecule has 0 fully saturated rings. The zero-order valence-corrected chi connectivity index (χ0v) is 9.50. The minimum absolute atomic E-state index is 0.165. The van der Waals surface area contributed by atoms with Crippen LogP contribution in [0.4, 0.5) is 14.9 Å². The Morgan fingerprint density at radius 2 is 2.11 bits per heavy atom. The van der Waals surface area contributed by atoms with E-state index >= 15 is 0 Å². The minimum Gasteiger partial charge on any atom is -0.286 e. The van der Waals surface area contributed by atoms with Gasteiger partial charge < -0.3 is 0 Å². The molecule has 0 bridgehead atoms. The molecule has 18 heavy (non-hydrogen) atoms. The monoisotopic (exact) mass is 248 g/mol. The number of anilines is 1. The van der Waals surface area contributed by atoms with Crippen molar-refractivity contribution in [2.75, 3.05) is 4.90 Å². The van der Waals surface area contributed by atoms with E-state index in [1.165, 1.54) is 30.1 Å². The number of hydrogen-bond acceptors (Lipinski definition) is 3. The lowest BCUT2D eigenvalue weighted by molar-refractivity contribution is 0.250. The van der Waals surface area contributed by atoms with Crippen molar-refractivity contribution in [3.63, 3.8) is 0 Å². The second-order valence-corrected chi connectivity index (χ2v) is 4.01. The van der Waals surface area contributed by atoms with Crippen molar-refractivity contribution >= 4 is 11.7 Å². The van der Waals surface area contributed by atoms with Crippen LogP contribution in [0.15, 0.2) is 29.1 Å². The molecular formula is C11H9FN4O2. The Morgan fingerprint density at radius 3 is 2.78 bits per heavy atom. The van der Waals surface area contributed by atoms with Crippen molar-refractivity contribution in [1.82, 2.24) is 14.3 Å². The molecule has 0 spiro atoms. The summed E-state index contributed by atoms with van der Waals surface area (Å²) in [5.41, 5.74) is -0.0820. The highest BCUT2D eigenvalue weighted by atomic mass is 19.1. The standard InChI is InChI=1S/C11H9FN4O2/c1-14-10(17)16-9(13-14)6-15(11(16)18)8-4-2-3-7(12)5-8/h2-5H,6H2,1H3. The van der Waals surface area contributed by atoms with E-state index in [9.17, 15) is 14.0 Å². The Hall–Kier alpha value is -2.44. The van der Waals surface area contributed by atoms with E-state index in [4.69, 9.17) is 0 Å². The summed E-state index contributed by atoms with van der Waals surface area (Å²) < 4.78 is 15.2. The molecule has 2 heterocycles. The number of halogens is 1. The lowest BCUT2D eigenvalue weighted by Crippen LogP contribution is -2.34. The normalized spacial score (nSPS) is 14.1. The van der Waals surface area contributed by atoms with Crippen LogP contribution in [0.5, 0.6) is 0 Å². The summed E-state index contributed by atoms with van der Waals surface area (Å²) in [7, 11) is 1.48. The molecule has 0 radical (unpaired) electrons. The molecule has 0 saturated heterocycles. The van der Waals surface area contributed by atoms with E-state index in [1.807, 2.05) is 0 Å². The highest BCUT2D eigenvalue weighted by Crippen LogP contribution is 2.22. The first-order valence-electron chi connectivity index (χ1n) is 5.30. The van der Waals surface area contributed by atoms with Gasteiger partial charge in [-0.15, -0.1) is 0 Å². The molecule has 0 aliphatic carbocycles. The van der Waals surface area contributed by atoms with Crippen molar-refractivity contribution in [1.29, 1.82) is 0 Å². The maximum atomic E-state index is 13.1. The Bertz CT molecular complexity index is 703. The summed E-state index contributed by atoms with van der Waals surface area (Å²) >= 11 is 0.